The Hall–Kier alpha value is -0.730. The summed E-state index contributed by atoms with van der Waals surface area (Å²) in [5.41, 5.74) is -0.377. The van der Waals surface area contributed by atoms with Crippen molar-refractivity contribution in [3.63, 3.8) is 0 Å². The van der Waals surface area contributed by atoms with Crippen LogP contribution in [-0.4, -0.2) is 29.7 Å². The van der Waals surface area contributed by atoms with E-state index in [0.717, 1.165) is 30.8 Å². The van der Waals surface area contributed by atoms with Crippen LogP contribution < -0.4 is 0 Å². The van der Waals surface area contributed by atoms with Gasteiger partial charge in [-0.2, -0.15) is 0 Å². The molecule has 0 aromatic heterocycles. The first kappa shape index (κ1) is 17.3. The lowest BCUT2D eigenvalue weighted by Gasteiger charge is -2.33. The van der Waals surface area contributed by atoms with Crippen LogP contribution in [0.4, 0.5) is 4.79 Å². The molecule has 1 aliphatic heterocycles. The molecule has 0 N–H and O–H groups in total. The minimum absolute atomic E-state index is 0.135. The Bertz CT molecular complexity index is 301. The number of ether oxygens (including phenoxy) is 1. The third-order valence-corrected chi connectivity index (χ3v) is 4.30. The van der Waals surface area contributed by atoms with Gasteiger partial charge in [0.2, 0.25) is 0 Å². The number of piperidine rings is 1. The Morgan fingerprint density at radius 3 is 2.15 bits per heavy atom. The van der Waals surface area contributed by atoms with Crippen LogP contribution in [0.15, 0.2) is 0 Å². The van der Waals surface area contributed by atoms with Crippen molar-refractivity contribution in [1.82, 2.24) is 4.90 Å². The molecule has 1 heterocycles. The van der Waals surface area contributed by atoms with Gasteiger partial charge in [-0.1, -0.05) is 27.2 Å². The van der Waals surface area contributed by atoms with Crippen LogP contribution in [0.5, 0.6) is 0 Å². The zero-order valence-electron chi connectivity index (χ0n) is 14.2. The van der Waals surface area contributed by atoms with E-state index in [9.17, 15) is 4.79 Å². The Labute approximate surface area is 125 Å². The normalized spacial score (nSPS) is 26.6. The average molecular weight is 283 g/mol. The molecule has 3 nitrogen and oxygen atoms in total. The fourth-order valence-corrected chi connectivity index (χ4v) is 3.15. The summed E-state index contributed by atoms with van der Waals surface area (Å²) in [6, 6.07) is 0. The second-order valence-electron chi connectivity index (χ2n) is 6.87. The van der Waals surface area contributed by atoms with Crippen molar-refractivity contribution in [2.45, 2.75) is 72.8 Å². The molecule has 1 aliphatic carbocycles. The summed E-state index contributed by atoms with van der Waals surface area (Å²) in [6.07, 6.45) is 4.95. The maximum Gasteiger partial charge on any atom is 0.410 e. The van der Waals surface area contributed by atoms with Gasteiger partial charge in [0.05, 0.1) is 0 Å². The van der Waals surface area contributed by atoms with Crippen LogP contribution in [0.25, 0.3) is 0 Å². The molecule has 2 rings (SSSR count). The highest BCUT2D eigenvalue weighted by molar-refractivity contribution is 5.68. The fraction of sp³-hybridized carbons (Fsp3) is 0.941. The second-order valence-corrected chi connectivity index (χ2v) is 6.87. The van der Waals surface area contributed by atoms with E-state index < -0.39 is 0 Å². The molecule has 2 aliphatic rings. The van der Waals surface area contributed by atoms with Crippen molar-refractivity contribution in [3.8, 4) is 0 Å². The van der Waals surface area contributed by atoms with Gasteiger partial charge in [-0.3, -0.25) is 0 Å². The number of carbonyl (C=O) groups excluding carboxylic acids is 1. The Balaban J connectivity index is 0.000000956. The molecule has 20 heavy (non-hydrogen) atoms. The summed E-state index contributed by atoms with van der Waals surface area (Å²) in [5, 5.41) is 0. The second kappa shape index (κ2) is 7.33. The molecule has 1 saturated heterocycles. The summed E-state index contributed by atoms with van der Waals surface area (Å²) >= 11 is 0. The number of hydrogen-bond donors (Lipinski definition) is 0. The first-order chi connectivity index (χ1) is 9.40. The van der Waals surface area contributed by atoms with E-state index in [1.807, 2.05) is 39.5 Å². The zero-order valence-corrected chi connectivity index (χ0v) is 14.2. The van der Waals surface area contributed by atoms with Gasteiger partial charge in [0.15, 0.2) is 0 Å². The maximum absolute atomic E-state index is 11.9. The Kier molecular flexibility index (Phi) is 6.35. The van der Waals surface area contributed by atoms with Gasteiger partial charge < -0.3 is 9.64 Å². The van der Waals surface area contributed by atoms with E-state index in [1.54, 1.807) is 0 Å². The van der Waals surface area contributed by atoms with Gasteiger partial charge in [0, 0.05) is 13.1 Å². The molecule has 0 radical (unpaired) electrons. The zero-order chi connectivity index (χ0) is 15.3. The highest BCUT2D eigenvalue weighted by Gasteiger charge is 2.42. The molecule has 0 aromatic rings. The van der Waals surface area contributed by atoms with E-state index in [0.29, 0.717) is 0 Å². The third-order valence-electron chi connectivity index (χ3n) is 4.30. The predicted molar refractivity (Wildman–Crippen MR) is 83.8 cm³/mol. The molecule has 1 amide bonds. The van der Waals surface area contributed by atoms with Gasteiger partial charge in [-0.15, -0.1) is 0 Å². The van der Waals surface area contributed by atoms with Crippen LogP contribution in [0.2, 0.25) is 0 Å². The van der Waals surface area contributed by atoms with Gasteiger partial charge in [-0.05, 0) is 57.8 Å². The van der Waals surface area contributed by atoms with E-state index in [1.165, 1.54) is 25.7 Å². The molecular weight excluding hydrogens is 250 g/mol. The molecule has 2 atom stereocenters. The molecule has 2 fully saturated rings. The molecule has 0 aromatic carbocycles. The number of rotatable bonds is 2. The lowest BCUT2D eigenvalue weighted by Crippen LogP contribution is -2.42. The molecule has 3 heteroatoms. The van der Waals surface area contributed by atoms with Crippen molar-refractivity contribution in [3.05, 3.63) is 0 Å². The lowest BCUT2D eigenvalue weighted by atomic mass is 9.91. The third kappa shape index (κ3) is 4.99. The monoisotopic (exact) mass is 283 g/mol. The van der Waals surface area contributed by atoms with Gasteiger partial charge in [-0.25, -0.2) is 4.79 Å². The van der Waals surface area contributed by atoms with Crippen LogP contribution in [-0.2, 0) is 4.74 Å². The fourth-order valence-electron chi connectivity index (χ4n) is 3.15. The molecule has 0 spiro atoms. The van der Waals surface area contributed by atoms with E-state index in [2.05, 4.69) is 6.92 Å². The molecule has 2 unspecified atom stereocenters. The highest BCUT2D eigenvalue weighted by Crippen LogP contribution is 2.49. The smallest absolute Gasteiger partial charge is 0.410 e. The van der Waals surface area contributed by atoms with Crippen molar-refractivity contribution in [2.24, 2.45) is 17.8 Å². The lowest BCUT2D eigenvalue weighted by molar-refractivity contribution is 0.0174. The topological polar surface area (TPSA) is 29.5 Å². The summed E-state index contributed by atoms with van der Waals surface area (Å²) < 4.78 is 5.42. The van der Waals surface area contributed by atoms with E-state index in [4.69, 9.17) is 4.74 Å². The van der Waals surface area contributed by atoms with Gasteiger partial charge in [0.1, 0.15) is 5.60 Å². The summed E-state index contributed by atoms with van der Waals surface area (Å²) in [5.74, 6) is 2.78. The first-order valence-electron chi connectivity index (χ1n) is 8.38. The van der Waals surface area contributed by atoms with Crippen LogP contribution >= 0.6 is 0 Å². The standard InChI is InChI=1S/C15H27NO2.C2H6/c1-5-11-10-13(11)12-6-8-16(9-7-12)14(17)18-15(2,3)4;1-2/h11-13H,5-10H2,1-4H3;1-2H3. The van der Waals surface area contributed by atoms with E-state index in [-0.39, 0.29) is 11.7 Å². The number of nitrogens with zero attached hydrogens (tertiary/aromatic N) is 1. The Morgan fingerprint density at radius 2 is 1.75 bits per heavy atom. The van der Waals surface area contributed by atoms with Crippen molar-refractivity contribution >= 4 is 6.09 Å². The molecule has 118 valence electrons. The van der Waals surface area contributed by atoms with Crippen molar-refractivity contribution < 1.29 is 9.53 Å². The first-order valence-corrected chi connectivity index (χ1v) is 8.38. The summed E-state index contributed by atoms with van der Waals surface area (Å²) in [7, 11) is 0. The van der Waals surface area contributed by atoms with Gasteiger partial charge >= 0.3 is 6.09 Å². The minimum Gasteiger partial charge on any atom is -0.444 e. The number of amides is 1. The predicted octanol–water partition coefficient (Wildman–Crippen LogP) is 4.71. The highest BCUT2D eigenvalue weighted by atomic mass is 16.6. The van der Waals surface area contributed by atoms with E-state index >= 15 is 0 Å². The van der Waals surface area contributed by atoms with Crippen LogP contribution in [0.3, 0.4) is 0 Å². The van der Waals surface area contributed by atoms with Crippen LogP contribution in [0.1, 0.15) is 67.2 Å². The average Bonchev–Trinajstić information content (AvgIpc) is 3.19. The number of hydrogen-bond acceptors (Lipinski definition) is 2. The Morgan fingerprint density at radius 1 is 1.20 bits per heavy atom. The summed E-state index contributed by atoms with van der Waals surface area (Å²) in [4.78, 5) is 13.8. The maximum atomic E-state index is 11.9. The van der Waals surface area contributed by atoms with Crippen molar-refractivity contribution in [1.29, 1.82) is 0 Å². The molecule has 0 bridgehead atoms. The van der Waals surface area contributed by atoms with Crippen molar-refractivity contribution in [2.75, 3.05) is 13.1 Å². The largest absolute Gasteiger partial charge is 0.444 e. The quantitative estimate of drug-likeness (QED) is 0.734. The minimum atomic E-state index is -0.377. The molecule has 1 saturated carbocycles. The number of carbonyl (C=O) groups is 1. The summed E-state index contributed by atoms with van der Waals surface area (Å²) in [6.45, 7) is 13.8. The SMILES string of the molecule is CC.CCC1CC1C1CCN(C(=O)OC(C)(C)C)CC1. The molecular formula is C17H33NO2. The number of likely N-dealkylation sites (tertiary alicyclic amines) is 1. The van der Waals surface area contributed by atoms with Crippen LogP contribution in [0, 0.1) is 17.8 Å². The van der Waals surface area contributed by atoms with Gasteiger partial charge in [0.25, 0.3) is 0 Å².